The Hall–Kier alpha value is -6.33. The largest absolute Gasteiger partial charge is 0.457 e. The van der Waals surface area contributed by atoms with E-state index in [1.165, 1.54) is 55.8 Å². The van der Waals surface area contributed by atoms with Gasteiger partial charge in [-0.15, -0.1) is 0 Å². The number of anilines is 4. The van der Waals surface area contributed by atoms with Crippen molar-refractivity contribution < 1.29 is 4.74 Å². The molecule has 9 rings (SSSR count). The van der Waals surface area contributed by atoms with E-state index in [-0.39, 0.29) is 21.7 Å². The lowest BCUT2D eigenvalue weighted by Crippen LogP contribution is -2.34. The van der Waals surface area contributed by atoms with Crippen LogP contribution in [0.5, 0.6) is 11.5 Å². The predicted molar refractivity (Wildman–Crippen MR) is 291 cm³/mol. The molecule has 0 unspecified atom stereocenters. The lowest BCUT2D eigenvalue weighted by molar-refractivity contribution is 0.225. The Morgan fingerprint density at radius 3 is 1.82 bits per heavy atom. The van der Waals surface area contributed by atoms with Crippen molar-refractivity contribution in [1.82, 2.24) is 9.55 Å². The Bertz CT molecular complexity index is 3150. The van der Waals surface area contributed by atoms with Crippen molar-refractivity contribution in [1.29, 1.82) is 0 Å². The van der Waals surface area contributed by atoms with Gasteiger partial charge in [0.05, 0.1) is 22.4 Å². The van der Waals surface area contributed by atoms with E-state index in [9.17, 15) is 0 Å². The van der Waals surface area contributed by atoms with Crippen molar-refractivity contribution >= 4 is 44.6 Å². The first kappa shape index (κ1) is 46.8. The number of rotatable bonds is 9. The maximum atomic E-state index is 7.20. The van der Waals surface area contributed by atoms with Gasteiger partial charge in [0.2, 0.25) is 0 Å². The van der Waals surface area contributed by atoms with Gasteiger partial charge in [0, 0.05) is 40.5 Å². The molecule has 0 radical (unpaired) electrons. The van der Waals surface area contributed by atoms with Gasteiger partial charge < -0.3 is 14.5 Å². The van der Waals surface area contributed by atoms with E-state index in [1.54, 1.807) is 0 Å². The van der Waals surface area contributed by atoms with Crippen molar-refractivity contribution in [3.8, 4) is 28.4 Å². The van der Waals surface area contributed by atoms with E-state index in [0.29, 0.717) is 18.5 Å². The molecule has 2 aromatic heterocycles. The Kier molecular flexibility index (Phi) is 11.7. The minimum Gasteiger partial charge on any atom is -0.457 e. The third-order valence-corrected chi connectivity index (χ3v) is 15.0. The average Bonchev–Trinajstić information content (AvgIpc) is 3.83. The van der Waals surface area contributed by atoms with Crippen molar-refractivity contribution in [2.45, 2.75) is 132 Å². The molecule has 350 valence electrons. The van der Waals surface area contributed by atoms with Gasteiger partial charge in [-0.05, 0) is 139 Å². The zero-order valence-electron chi connectivity index (χ0n) is 43.3. The summed E-state index contributed by atoms with van der Waals surface area (Å²) < 4.78 is 9.50. The number of ether oxygens (including phenoxy) is 1. The molecule has 8 aromatic rings. The van der Waals surface area contributed by atoms with E-state index in [1.807, 2.05) is 6.20 Å². The molecule has 0 bridgehead atoms. The summed E-state index contributed by atoms with van der Waals surface area (Å²) >= 11 is 0. The molecule has 0 N–H and O–H groups in total. The van der Waals surface area contributed by atoms with Crippen LogP contribution in [0.2, 0.25) is 0 Å². The fraction of sp³-hybridized carbons (Fsp3) is 0.349. The highest BCUT2D eigenvalue weighted by Gasteiger charge is 2.36. The van der Waals surface area contributed by atoms with E-state index < -0.39 is 0 Å². The second-order valence-electron chi connectivity index (χ2n) is 23.5. The van der Waals surface area contributed by atoms with E-state index >= 15 is 0 Å². The molecule has 5 heteroatoms. The molecule has 0 amide bonds. The molecule has 0 saturated carbocycles. The van der Waals surface area contributed by atoms with Crippen LogP contribution in [0.3, 0.4) is 0 Å². The van der Waals surface area contributed by atoms with Crippen LogP contribution in [0.25, 0.3) is 38.8 Å². The van der Waals surface area contributed by atoms with Crippen molar-refractivity contribution in [3.05, 3.63) is 167 Å². The SMILES string of the molecule is CC(C)c1cccc(C(C)C)c1-c1cc(Oc2ccc3c4ccccc4n(-c4cc(C(C)(C)C)ccn4)c3c2)cc(N2CN(c3cccc(C(C)(C)C(C)(C)C)c3)c3ccc(C(C)(C)C)cc32)c1. The monoisotopic (exact) mass is 901 g/mol. The third kappa shape index (κ3) is 8.48. The van der Waals surface area contributed by atoms with Crippen LogP contribution in [0.15, 0.2) is 140 Å². The topological polar surface area (TPSA) is 33.5 Å². The maximum Gasteiger partial charge on any atom is 0.137 e. The van der Waals surface area contributed by atoms with Crippen LogP contribution in [0, 0.1) is 5.41 Å². The molecule has 0 saturated heterocycles. The van der Waals surface area contributed by atoms with E-state index in [0.717, 1.165) is 45.0 Å². The van der Waals surface area contributed by atoms with Crippen molar-refractivity contribution in [2.24, 2.45) is 5.41 Å². The quantitative estimate of drug-likeness (QED) is 0.145. The zero-order valence-corrected chi connectivity index (χ0v) is 43.3. The molecule has 1 aliphatic heterocycles. The third-order valence-electron chi connectivity index (χ3n) is 15.0. The first-order valence-corrected chi connectivity index (χ1v) is 24.8. The van der Waals surface area contributed by atoms with Crippen molar-refractivity contribution in [2.75, 3.05) is 16.5 Å². The van der Waals surface area contributed by atoms with E-state index in [4.69, 9.17) is 9.72 Å². The maximum absolute atomic E-state index is 7.20. The van der Waals surface area contributed by atoms with Gasteiger partial charge in [-0.2, -0.15) is 0 Å². The number of hydrogen-bond donors (Lipinski definition) is 0. The number of para-hydroxylation sites is 1. The Labute approximate surface area is 406 Å². The van der Waals surface area contributed by atoms with Gasteiger partial charge >= 0.3 is 0 Å². The molecule has 0 fully saturated rings. The van der Waals surface area contributed by atoms with Crippen LogP contribution in [0.4, 0.5) is 22.7 Å². The van der Waals surface area contributed by atoms with Crippen LogP contribution in [0.1, 0.15) is 144 Å². The fourth-order valence-electron chi connectivity index (χ4n) is 9.90. The van der Waals surface area contributed by atoms with Crippen LogP contribution in [-0.2, 0) is 16.2 Å². The highest BCUT2D eigenvalue weighted by atomic mass is 16.5. The van der Waals surface area contributed by atoms with Crippen LogP contribution in [-0.4, -0.2) is 16.2 Å². The summed E-state index contributed by atoms with van der Waals surface area (Å²) in [5.74, 6) is 3.12. The van der Waals surface area contributed by atoms with Gasteiger partial charge in [-0.3, -0.25) is 4.57 Å². The first-order chi connectivity index (χ1) is 32.0. The number of aromatic nitrogens is 2. The number of pyridine rings is 1. The van der Waals surface area contributed by atoms with Gasteiger partial charge in [-0.1, -0.05) is 158 Å². The number of fused-ring (bicyclic) bond motifs is 4. The highest BCUT2D eigenvalue weighted by molar-refractivity contribution is 6.09. The highest BCUT2D eigenvalue weighted by Crippen LogP contribution is 2.50. The van der Waals surface area contributed by atoms with Crippen LogP contribution < -0.4 is 14.5 Å². The Morgan fingerprint density at radius 1 is 0.500 bits per heavy atom. The predicted octanol–water partition coefficient (Wildman–Crippen LogP) is 18.1. The summed E-state index contributed by atoms with van der Waals surface area (Å²) in [7, 11) is 0. The summed E-state index contributed by atoms with van der Waals surface area (Å²) in [5.41, 5.74) is 15.8. The average molecular weight is 901 g/mol. The summed E-state index contributed by atoms with van der Waals surface area (Å²) in [6.45, 7) is 35.3. The second-order valence-corrected chi connectivity index (χ2v) is 23.5. The Morgan fingerprint density at radius 2 is 1.15 bits per heavy atom. The summed E-state index contributed by atoms with van der Waals surface area (Å²) in [4.78, 5) is 9.96. The molecular formula is C63H72N4O. The lowest BCUT2D eigenvalue weighted by atomic mass is 9.65. The minimum absolute atomic E-state index is 0.0223. The number of nitrogens with zero attached hydrogens (tertiary/aromatic N) is 4. The standard InChI is InChI=1S/C63H72N4O/c1-40(2)50-23-19-24-51(41(3)4)59(50)42-32-47(66-39-65(55-29-26-43(35-57(55)66)60(5,6)7)46-21-18-20-45(34-46)63(14,15)62(11,12)13)37-49(33-42)68-48-27-28-53-52-22-16-17-25-54(52)67(56(53)38-48)58-36-44(30-31-64-58)61(8,9)10/h16-38,40-41H,39H2,1-15H3. The molecule has 5 nitrogen and oxygen atoms in total. The molecule has 0 spiro atoms. The molecule has 3 heterocycles. The summed E-state index contributed by atoms with van der Waals surface area (Å²) in [6, 6.07) is 49.6. The number of hydrogen-bond acceptors (Lipinski definition) is 4. The summed E-state index contributed by atoms with van der Waals surface area (Å²) in [5, 5.41) is 2.35. The smallest absolute Gasteiger partial charge is 0.137 e. The van der Waals surface area contributed by atoms with E-state index in [2.05, 4.69) is 252 Å². The number of benzene rings is 6. The second kappa shape index (κ2) is 17.0. The molecular weight excluding hydrogens is 829 g/mol. The lowest BCUT2D eigenvalue weighted by Gasteiger charge is -2.40. The minimum atomic E-state index is -0.0375. The first-order valence-electron chi connectivity index (χ1n) is 24.8. The zero-order chi connectivity index (χ0) is 48.7. The van der Waals surface area contributed by atoms with Gasteiger partial charge in [-0.25, -0.2) is 4.98 Å². The molecule has 6 aromatic carbocycles. The van der Waals surface area contributed by atoms with Gasteiger partial charge in [0.15, 0.2) is 0 Å². The summed E-state index contributed by atoms with van der Waals surface area (Å²) in [6.07, 6.45) is 1.94. The Balaban J connectivity index is 1.24. The molecule has 68 heavy (non-hydrogen) atoms. The van der Waals surface area contributed by atoms with Crippen molar-refractivity contribution in [3.63, 3.8) is 0 Å². The van der Waals surface area contributed by atoms with Gasteiger partial charge in [0.25, 0.3) is 0 Å². The molecule has 0 aliphatic carbocycles. The molecule has 1 aliphatic rings. The van der Waals surface area contributed by atoms with Crippen LogP contribution >= 0.6 is 0 Å². The fourth-order valence-corrected chi connectivity index (χ4v) is 9.90. The normalized spacial score (nSPS) is 13.7. The molecule has 0 atom stereocenters. The van der Waals surface area contributed by atoms with Gasteiger partial charge in [0.1, 0.15) is 24.0 Å².